The van der Waals surface area contributed by atoms with Crippen molar-refractivity contribution in [3.05, 3.63) is 48.2 Å². The number of fused-ring (bicyclic) bond motifs is 5. The van der Waals surface area contributed by atoms with Gasteiger partial charge in [0.15, 0.2) is 0 Å². The minimum absolute atomic E-state index is 0.00146. The number of halogens is 1. The fourth-order valence-corrected chi connectivity index (χ4v) is 13.3. The fraction of sp³-hybridized carbons (Fsp3) is 0.796. The number of hydrazone groups is 1. The van der Waals surface area contributed by atoms with Crippen LogP contribution in [0.15, 0.2) is 53.3 Å². The smallest absolute Gasteiger partial charge is 0.306 e. The first-order valence-corrected chi connectivity index (χ1v) is 22.9. The second kappa shape index (κ2) is 17.1. The molecule has 5 rings (SSSR count). The number of hydrogen-bond acceptors (Lipinski definition) is 6. The van der Waals surface area contributed by atoms with Gasteiger partial charge in [0.25, 0.3) is 0 Å². The molecule has 8 heteroatoms. The zero-order chi connectivity index (χ0) is 42.4. The first-order chi connectivity index (χ1) is 26.5. The Balaban J connectivity index is 1.39. The number of rotatable bonds is 14. The van der Waals surface area contributed by atoms with Gasteiger partial charge < -0.3 is 26.3 Å². The van der Waals surface area contributed by atoms with Crippen molar-refractivity contribution in [1.82, 2.24) is 4.90 Å². The molecule has 5 N–H and O–H groups in total. The van der Waals surface area contributed by atoms with E-state index in [4.69, 9.17) is 27.9 Å². The zero-order valence-corrected chi connectivity index (χ0v) is 38.4. The van der Waals surface area contributed by atoms with Gasteiger partial charge >= 0.3 is 5.97 Å². The third-order valence-corrected chi connectivity index (χ3v) is 18.0. The number of hydrogen-bond donors (Lipinski definition) is 3. The number of amidine groups is 1. The minimum atomic E-state index is -0.576. The number of nitrogens with two attached hydrogens (primary N) is 2. The molecular formula is C49H81ClN4O3. The molecule has 10 atom stereocenters. The lowest BCUT2D eigenvalue weighted by atomic mass is 9.33. The van der Waals surface area contributed by atoms with Crippen molar-refractivity contribution in [3.8, 4) is 0 Å². The highest BCUT2D eigenvalue weighted by atomic mass is 35.5. The topological polar surface area (TPSA) is 114 Å². The summed E-state index contributed by atoms with van der Waals surface area (Å²) in [4.78, 5) is 15.5. The van der Waals surface area contributed by atoms with Crippen molar-refractivity contribution in [2.45, 2.75) is 177 Å². The predicted octanol–water partition coefficient (Wildman–Crippen LogP) is 11.1. The van der Waals surface area contributed by atoms with Gasteiger partial charge in [-0.15, -0.1) is 11.6 Å². The van der Waals surface area contributed by atoms with E-state index in [2.05, 4.69) is 83.8 Å². The van der Waals surface area contributed by atoms with Crippen LogP contribution in [0.4, 0.5) is 0 Å². The maximum Gasteiger partial charge on any atom is 0.306 e. The molecule has 0 aromatic carbocycles. The van der Waals surface area contributed by atoms with E-state index in [0.717, 1.165) is 62.1 Å². The Morgan fingerprint density at radius 3 is 2.33 bits per heavy atom. The third kappa shape index (κ3) is 8.74. The molecule has 0 aliphatic heterocycles. The van der Waals surface area contributed by atoms with Crippen LogP contribution in [0.5, 0.6) is 0 Å². The summed E-state index contributed by atoms with van der Waals surface area (Å²) < 4.78 is 6.35. The van der Waals surface area contributed by atoms with E-state index in [1.54, 1.807) is 6.92 Å². The fourth-order valence-electron chi connectivity index (χ4n) is 13.2. The molecular weight excluding hydrogens is 728 g/mol. The highest BCUT2D eigenvalue weighted by molar-refractivity contribution is 6.22. The maximum absolute atomic E-state index is 13.3. The second-order valence-electron chi connectivity index (χ2n) is 21.8. The number of allylic oxidation sites excluding steroid dienone is 4. The van der Waals surface area contributed by atoms with Crippen molar-refractivity contribution >= 4 is 23.4 Å². The molecule has 0 radical (unpaired) electrons. The predicted molar refractivity (Wildman–Crippen MR) is 238 cm³/mol. The molecule has 0 bridgehead atoms. The van der Waals surface area contributed by atoms with Crippen LogP contribution >= 0.6 is 11.6 Å². The molecule has 0 aromatic rings. The lowest BCUT2D eigenvalue weighted by molar-refractivity contribution is -0.241. The number of ether oxygens (including phenoxy) is 1. The molecule has 0 amide bonds. The van der Waals surface area contributed by atoms with Crippen LogP contribution < -0.4 is 11.6 Å². The Labute approximate surface area is 352 Å². The maximum atomic E-state index is 13.3. The summed E-state index contributed by atoms with van der Waals surface area (Å²) in [7, 11) is 0. The summed E-state index contributed by atoms with van der Waals surface area (Å²) in [6, 6.07) is 0. The summed E-state index contributed by atoms with van der Waals surface area (Å²) in [6.45, 7) is 33.0. The van der Waals surface area contributed by atoms with E-state index >= 15 is 0 Å². The van der Waals surface area contributed by atoms with Gasteiger partial charge in [-0.25, -0.2) is 0 Å². The molecule has 7 nitrogen and oxygen atoms in total. The number of nitrogens with zero attached hydrogens (tertiary/aromatic N) is 2. The Morgan fingerprint density at radius 1 is 1.04 bits per heavy atom. The van der Waals surface area contributed by atoms with Crippen LogP contribution in [0.1, 0.15) is 159 Å². The van der Waals surface area contributed by atoms with Crippen molar-refractivity contribution in [1.29, 1.82) is 0 Å². The van der Waals surface area contributed by atoms with Gasteiger partial charge in [-0.2, -0.15) is 5.10 Å². The van der Waals surface area contributed by atoms with E-state index in [0.29, 0.717) is 36.8 Å². The highest BCUT2D eigenvalue weighted by Crippen LogP contribution is 2.75. The first-order valence-electron chi connectivity index (χ1n) is 22.5. The first kappa shape index (κ1) is 46.0. The van der Waals surface area contributed by atoms with Crippen LogP contribution in [0.2, 0.25) is 0 Å². The van der Waals surface area contributed by atoms with Crippen LogP contribution in [-0.4, -0.2) is 52.5 Å². The summed E-state index contributed by atoms with van der Waals surface area (Å²) in [5.41, 5.74) is 9.56. The number of aliphatic hydroxyl groups is 1. The van der Waals surface area contributed by atoms with Crippen LogP contribution in [-0.2, 0) is 9.53 Å². The number of esters is 1. The van der Waals surface area contributed by atoms with Crippen LogP contribution in [0.3, 0.4) is 0 Å². The molecule has 5 aliphatic rings. The summed E-state index contributed by atoms with van der Waals surface area (Å²) in [5, 5.41) is 14.8. The molecule has 322 valence electrons. The highest BCUT2D eigenvalue weighted by Gasteiger charge is 2.68. The van der Waals surface area contributed by atoms with Crippen LogP contribution in [0.25, 0.3) is 0 Å². The largest absolute Gasteiger partial charge is 0.462 e. The van der Waals surface area contributed by atoms with Gasteiger partial charge in [0.2, 0.25) is 0 Å². The van der Waals surface area contributed by atoms with Gasteiger partial charge in [-0.1, -0.05) is 99.3 Å². The van der Waals surface area contributed by atoms with Crippen molar-refractivity contribution < 1.29 is 14.6 Å². The molecule has 4 fully saturated rings. The Morgan fingerprint density at radius 2 is 1.74 bits per heavy atom. The molecule has 4 saturated carbocycles. The zero-order valence-electron chi connectivity index (χ0n) is 37.7. The SMILES string of the molecule is C=C(CCC1(C/C(=N/N)N(CCN)C(=C)C2=CC[C@H](Cl)C=C2)CC[C@]2(C)C(CC[C@@H]3C4(C)CCC(OC(=O)CC(C)(C)C(C)O)C(C)(C)[C@@H]4CC[C@]32C)C1)C(C)C. The average molecular weight is 810 g/mol. The van der Waals surface area contributed by atoms with E-state index in [9.17, 15) is 9.90 Å². The summed E-state index contributed by atoms with van der Waals surface area (Å²) in [5.74, 6) is 9.24. The standard InChI is InChI=1S/C49H81ClN4O3/c1-32(2)33(3)19-24-49(30-42(53-52)54(28-27-51)34(4)36-13-16-38(50)17-14-36)26-25-47(11)37(29-49)15-18-40-46(10)22-21-41(57-43(56)31-44(6,7)35(5)55)45(8,9)39(46)20-23-48(40,47)12/h13-14,16,32,35,37-41,55H,3-4,15,17-31,51-52H2,1-2,5-12H3/b53-42-/t35?,37?,38-,39+,40-,41?,46?,47-,48-,49?/m1/s1. The lowest BCUT2D eigenvalue weighted by Gasteiger charge is -2.72. The van der Waals surface area contributed by atoms with Gasteiger partial charge in [-0.05, 0) is 135 Å². The number of alkyl halides is 1. The van der Waals surface area contributed by atoms with Crippen molar-refractivity contribution in [2.24, 2.45) is 72.8 Å². The molecule has 5 aliphatic carbocycles. The second-order valence-corrected chi connectivity index (χ2v) is 22.4. The summed E-state index contributed by atoms with van der Waals surface area (Å²) >= 11 is 6.40. The number of carbonyl (C=O) groups is 1. The minimum Gasteiger partial charge on any atom is -0.462 e. The molecule has 0 aromatic heterocycles. The monoisotopic (exact) mass is 809 g/mol. The Bertz CT molecular complexity index is 1600. The van der Waals surface area contributed by atoms with Gasteiger partial charge in [0, 0.05) is 36.0 Å². The lowest BCUT2D eigenvalue weighted by Crippen LogP contribution is -2.65. The molecule has 0 heterocycles. The van der Waals surface area contributed by atoms with Gasteiger partial charge in [0.05, 0.1) is 17.9 Å². The number of aliphatic hydroxyl groups excluding tert-OH is 1. The van der Waals surface area contributed by atoms with Crippen molar-refractivity contribution in [2.75, 3.05) is 13.1 Å². The third-order valence-electron chi connectivity index (χ3n) is 17.7. The Hall–Kier alpha value is -2.09. The van der Waals surface area contributed by atoms with E-state index in [1.165, 1.54) is 44.1 Å². The molecule has 0 spiro atoms. The van der Waals surface area contributed by atoms with Crippen molar-refractivity contribution in [3.63, 3.8) is 0 Å². The Kier molecular flexibility index (Phi) is 13.8. The molecule has 0 saturated heterocycles. The average Bonchev–Trinajstić information content (AvgIpc) is 3.13. The van der Waals surface area contributed by atoms with E-state index in [-0.39, 0.29) is 50.9 Å². The normalized spacial score (nSPS) is 37.0. The van der Waals surface area contributed by atoms with Gasteiger partial charge in [-0.3, -0.25) is 4.79 Å². The quantitative estimate of drug-likeness (QED) is 0.0306. The van der Waals surface area contributed by atoms with E-state index in [1.807, 2.05) is 19.9 Å². The van der Waals surface area contributed by atoms with E-state index < -0.39 is 11.5 Å². The summed E-state index contributed by atoms with van der Waals surface area (Å²) in [6.07, 6.45) is 19.9. The molecule has 5 unspecified atom stereocenters. The van der Waals surface area contributed by atoms with Crippen LogP contribution in [0, 0.1) is 56.2 Å². The molecule has 57 heavy (non-hydrogen) atoms. The van der Waals surface area contributed by atoms with Gasteiger partial charge in [0.1, 0.15) is 11.9 Å². The number of carbonyl (C=O) groups excluding carboxylic acids is 1.